The van der Waals surface area contributed by atoms with Crippen molar-refractivity contribution in [3.05, 3.63) is 12.3 Å². The van der Waals surface area contributed by atoms with Gasteiger partial charge in [-0.1, -0.05) is 45.1 Å². The molecule has 0 saturated carbocycles. The first-order chi connectivity index (χ1) is 10.1. The standard InChI is InChI=1S/C16H33NO4/c1-2-3-4-5-6-7-8-9-10-17(11-15(20)13-18)12-16(21)14-19/h9-10,15-16,18-21H,2-8,11-14H2,1H3/b10-9-. The second-order valence-corrected chi connectivity index (χ2v) is 5.57. The second-order valence-electron chi connectivity index (χ2n) is 5.57. The van der Waals surface area contributed by atoms with E-state index < -0.39 is 12.2 Å². The van der Waals surface area contributed by atoms with Crippen molar-refractivity contribution in [3.63, 3.8) is 0 Å². The van der Waals surface area contributed by atoms with Gasteiger partial charge in [0.1, 0.15) is 0 Å². The summed E-state index contributed by atoms with van der Waals surface area (Å²) in [5, 5.41) is 36.7. The van der Waals surface area contributed by atoms with Gasteiger partial charge in [-0.3, -0.25) is 0 Å². The van der Waals surface area contributed by atoms with Crippen LogP contribution >= 0.6 is 0 Å². The van der Waals surface area contributed by atoms with Crippen LogP contribution in [0.3, 0.4) is 0 Å². The molecule has 4 N–H and O–H groups in total. The summed E-state index contributed by atoms with van der Waals surface area (Å²) >= 11 is 0. The number of rotatable bonds is 14. The fourth-order valence-electron chi connectivity index (χ4n) is 2.12. The third-order valence-electron chi connectivity index (χ3n) is 3.35. The minimum atomic E-state index is -0.838. The predicted octanol–water partition coefficient (Wildman–Crippen LogP) is 1.26. The van der Waals surface area contributed by atoms with Gasteiger partial charge in [-0.05, 0) is 19.0 Å². The van der Waals surface area contributed by atoms with Gasteiger partial charge in [0, 0.05) is 13.1 Å². The average Bonchev–Trinajstić information content (AvgIpc) is 2.49. The van der Waals surface area contributed by atoms with Crippen LogP contribution in [0.2, 0.25) is 0 Å². The smallest absolute Gasteiger partial charge is 0.0945 e. The third-order valence-corrected chi connectivity index (χ3v) is 3.35. The maximum Gasteiger partial charge on any atom is 0.0945 e. The topological polar surface area (TPSA) is 84.2 Å². The summed E-state index contributed by atoms with van der Waals surface area (Å²) in [5.74, 6) is 0. The van der Waals surface area contributed by atoms with Crippen LogP contribution in [0.1, 0.15) is 51.9 Å². The molecule has 0 aromatic carbocycles. The lowest BCUT2D eigenvalue weighted by Gasteiger charge is -2.24. The number of nitrogens with zero attached hydrogens (tertiary/aromatic N) is 1. The van der Waals surface area contributed by atoms with E-state index in [0.717, 1.165) is 12.8 Å². The molecule has 5 heteroatoms. The van der Waals surface area contributed by atoms with Crippen molar-refractivity contribution < 1.29 is 20.4 Å². The monoisotopic (exact) mass is 303 g/mol. The van der Waals surface area contributed by atoms with Gasteiger partial charge < -0.3 is 25.3 Å². The summed E-state index contributed by atoms with van der Waals surface area (Å²) < 4.78 is 0. The molecule has 0 fully saturated rings. The van der Waals surface area contributed by atoms with Gasteiger partial charge in [-0.15, -0.1) is 0 Å². The quantitative estimate of drug-likeness (QED) is 0.363. The van der Waals surface area contributed by atoms with E-state index in [1.165, 1.54) is 32.1 Å². The highest BCUT2D eigenvalue weighted by atomic mass is 16.3. The molecule has 0 rings (SSSR count). The van der Waals surface area contributed by atoms with E-state index in [0.29, 0.717) is 0 Å². The summed E-state index contributed by atoms with van der Waals surface area (Å²) in [6, 6.07) is 0. The molecular weight excluding hydrogens is 270 g/mol. The van der Waals surface area contributed by atoms with Crippen LogP contribution in [0.5, 0.6) is 0 Å². The number of hydrogen-bond acceptors (Lipinski definition) is 5. The molecule has 21 heavy (non-hydrogen) atoms. The fraction of sp³-hybridized carbons (Fsp3) is 0.875. The summed E-state index contributed by atoms with van der Waals surface area (Å²) in [6.45, 7) is 2.09. The summed E-state index contributed by atoms with van der Waals surface area (Å²) in [6.07, 6.45) is 10.7. The number of aliphatic hydroxyl groups is 4. The molecule has 0 amide bonds. The zero-order valence-corrected chi connectivity index (χ0v) is 13.3. The first-order valence-electron chi connectivity index (χ1n) is 8.12. The first kappa shape index (κ1) is 20.4. The minimum absolute atomic E-state index is 0.251. The molecule has 0 spiro atoms. The van der Waals surface area contributed by atoms with Crippen LogP contribution in [-0.2, 0) is 0 Å². The van der Waals surface area contributed by atoms with E-state index in [-0.39, 0.29) is 26.3 Å². The molecule has 0 aliphatic carbocycles. The minimum Gasteiger partial charge on any atom is -0.394 e. The zero-order valence-electron chi connectivity index (χ0n) is 13.3. The van der Waals surface area contributed by atoms with E-state index >= 15 is 0 Å². The van der Waals surface area contributed by atoms with Gasteiger partial charge in [0.15, 0.2) is 0 Å². The molecular formula is C16H33NO4. The molecule has 126 valence electrons. The van der Waals surface area contributed by atoms with Crippen LogP contribution in [-0.4, -0.2) is 63.8 Å². The third kappa shape index (κ3) is 12.8. The molecule has 0 aromatic heterocycles. The zero-order chi connectivity index (χ0) is 15.9. The van der Waals surface area contributed by atoms with Gasteiger partial charge in [-0.2, -0.15) is 0 Å². The highest BCUT2D eigenvalue weighted by molar-refractivity contribution is 4.85. The maximum absolute atomic E-state index is 9.47. The van der Waals surface area contributed by atoms with Gasteiger partial charge in [0.05, 0.1) is 25.4 Å². The van der Waals surface area contributed by atoms with Crippen molar-refractivity contribution in [2.24, 2.45) is 0 Å². The Balaban J connectivity index is 3.93. The normalized spacial score (nSPS) is 14.5. The molecule has 0 radical (unpaired) electrons. The molecule has 0 heterocycles. The number of allylic oxidation sites excluding steroid dienone is 1. The number of aliphatic hydroxyl groups excluding tert-OH is 4. The lowest BCUT2D eigenvalue weighted by atomic mass is 10.1. The molecule has 0 aliphatic heterocycles. The lowest BCUT2D eigenvalue weighted by Crippen LogP contribution is -2.37. The van der Waals surface area contributed by atoms with E-state index in [1.54, 1.807) is 4.90 Å². The largest absolute Gasteiger partial charge is 0.394 e. The molecule has 2 atom stereocenters. The Morgan fingerprint density at radius 2 is 1.38 bits per heavy atom. The predicted molar refractivity (Wildman–Crippen MR) is 84.9 cm³/mol. The average molecular weight is 303 g/mol. The van der Waals surface area contributed by atoms with Crippen molar-refractivity contribution in [2.45, 2.75) is 64.1 Å². The van der Waals surface area contributed by atoms with E-state index in [1.807, 2.05) is 12.3 Å². The number of hydrogen-bond donors (Lipinski definition) is 4. The van der Waals surface area contributed by atoms with Crippen molar-refractivity contribution >= 4 is 0 Å². The van der Waals surface area contributed by atoms with E-state index in [2.05, 4.69) is 6.92 Å². The maximum atomic E-state index is 9.47. The summed E-state index contributed by atoms with van der Waals surface area (Å²) in [5.41, 5.74) is 0. The van der Waals surface area contributed by atoms with Gasteiger partial charge >= 0.3 is 0 Å². The van der Waals surface area contributed by atoms with Crippen molar-refractivity contribution in [1.82, 2.24) is 4.90 Å². The van der Waals surface area contributed by atoms with Gasteiger partial charge in [-0.25, -0.2) is 0 Å². The fourth-order valence-corrected chi connectivity index (χ4v) is 2.12. The first-order valence-corrected chi connectivity index (χ1v) is 8.12. The van der Waals surface area contributed by atoms with Crippen LogP contribution in [0, 0.1) is 0 Å². The van der Waals surface area contributed by atoms with E-state index in [9.17, 15) is 10.2 Å². The second kappa shape index (κ2) is 14.3. The van der Waals surface area contributed by atoms with Crippen LogP contribution in [0.25, 0.3) is 0 Å². The molecule has 5 nitrogen and oxygen atoms in total. The summed E-state index contributed by atoms with van der Waals surface area (Å²) in [7, 11) is 0. The Labute approximate surface area is 128 Å². The SMILES string of the molecule is CCCCCCCC/C=C\N(CC(O)CO)CC(O)CO. The van der Waals surface area contributed by atoms with Crippen molar-refractivity contribution in [1.29, 1.82) is 0 Å². The van der Waals surface area contributed by atoms with Crippen molar-refractivity contribution in [2.75, 3.05) is 26.3 Å². The molecule has 0 bridgehead atoms. The molecule has 2 unspecified atom stereocenters. The van der Waals surface area contributed by atoms with Gasteiger partial charge in [0.2, 0.25) is 0 Å². The van der Waals surface area contributed by atoms with Crippen molar-refractivity contribution in [3.8, 4) is 0 Å². The Morgan fingerprint density at radius 1 is 0.857 bits per heavy atom. The Bertz CT molecular complexity index is 236. The van der Waals surface area contributed by atoms with Crippen LogP contribution < -0.4 is 0 Å². The van der Waals surface area contributed by atoms with Crippen LogP contribution in [0.15, 0.2) is 12.3 Å². The Morgan fingerprint density at radius 3 is 1.90 bits per heavy atom. The lowest BCUT2D eigenvalue weighted by molar-refractivity contribution is 0.0393. The highest BCUT2D eigenvalue weighted by Crippen LogP contribution is 2.07. The Kier molecular flexibility index (Phi) is 13.9. The van der Waals surface area contributed by atoms with Crippen LogP contribution in [0.4, 0.5) is 0 Å². The summed E-state index contributed by atoms with van der Waals surface area (Å²) in [4.78, 5) is 1.73. The van der Waals surface area contributed by atoms with Gasteiger partial charge in [0.25, 0.3) is 0 Å². The molecule has 0 aliphatic rings. The molecule has 0 saturated heterocycles. The Hall–Kier alpha value is -0.620. The highest BCUT2D eigenvalue weighted by Gasteiger charge is 2.11. The molecule has 0 aromatic rings. The number of unbranched alkanes of at least 4 members (excludes halogenated alkanes) is 6. The van der Waals surface area contributed by atoms with E-state index in [4.69, 9.17) is 10.2 Å².